The van der Waals surface area contributed by atoms with E-state index in [9.17, 15) is 0 Å². The molecule has 0 amide bonds. The second-order valence-corrected chi connectivity index (χ2v) is 7.92. The van der Waals surface area contributed by atoms with Gasteiger partial charge in [-0.3, -0.25) is 0 Å². The maximum atomic E-state index is 5.57. The summed E-state index contributed by atoms with van der Waals surface area (Å²) in [7, 11) is 0. The summed E-state index contributed by atoms with van der Waals surface area (Å²) in [6.07, 6.45) is 7.15. The summed E-state index contributed by atoms with van der Waals surface area (Å²) >= 11 is 5.57. The van der Waals surface area contributed by atoms with Crippen LogP contribution in [0.15, 0.2) is 24.3 Å². The Kier molecular flexibility index (Phi) is 4.18. The van der Waals surface area contributed by atoms with Gasteiger partial charge >= 0.3 is 0 Å². The fourth-order valence-electron chi connectivity index (χ4n) is 5.28. The molecule has 0 atom stereocenters. The van der Waals surface area contributed by atoms with Crippen molar-refractivity contribution < 1.29 is 4.74 Å². The summed E-state index contributed by atoms with van der Waals surface area (Å²) in [5.41, 5.74) is 1.02. The highest BCUT2D eigenvalue weighted by molar-refractivity contribution is 7.80. The first kappa shape index (κ1) is 15.3. The van der Waals surface area contributed by atoms with Gasteiger partial charge in [-0.15, -0.1) is 0 Å². The van der Waals surface area contributed by atoms with Gasteiger partial charge in [-0.1, -0.05) is 0 Å². The Hall–Kier alpha value is -1.29. The molecule has 0 radical (unpaired) electrons. The van der Waals surface area contributed by atoms with Gasteiger partial charge in [-0.25, -0.2) is 0 Å². The average Bonchev–Trinajstić information content (AvgIpc) is 2.52. The van der Waals surface area contributed by atoms with Crippen molar-refractivity contribution in [1.82, 2.24) is 5.32 Å². The summed E-state index contributed by atoms with van der Waals surface area (Å²) in [4.78, 5) is 0. The standard InChI is InChI=1S/C19H26N2OS/c1-2-22-17-5-3-16(4-6-17)20-19(23)21-18-14-8-12-7-13(10-14)11-15(18)9-12/h3-6,12-15,18H,2,7-11H2,1H3,(H2,20,21,23). The molecule has 1 aromatic rings. The zero-order valence-electron chi connectivity index (χ0n) is 13.8. The fraction of sp³-hybridized carbons (Fsp3) is 0.632. The Labute approximate surface area is 144 Å². The zero-order chi connectivity index (χ0) is 15.8. The molecule has 23 heavy (non-hydrogen) atoms. The van der Waals surface area contributed by atoms with E-state index in [0.29, 0.717) is 12.6 Å². The van der Waals surface area contributed by atoms with Crippen LogP contribution < -0.4 is 15.4 Å². The molecule has 0 aliphatic heterocycles. The second kappa shape index (κ2) is 6.31. The molecule has 4 fully saturated rings. The van der Waals surface area contributed by atoms with Crippen molar-refractivity contribution in [3.8, 4) is 5.75 Å². The normalized spacial score (nSPS) is 34.2. The maximum Gasteiger partial charge on any atom is 0.171 e. The molecule has 0 spiro atoms. The van der Waals surface area contributed by atoms with Gasteiger partial charge in [-0.2, -0.15) is 0 Å². The number of nitrogens with one attached hydrogen (secondary N) is 2. The average molecular weight is 330 g/mol. The number of anilines is 1. The highest BCUT2D eigenvalue weighted by Crippen LogP contribution is 2.53. The zero-order valence-corrected chi connectivity index (χ0v) is 14.6. The summed E-state index contributed by atoms with van der Waals surface area (Å²) in [6, 6.07) is 8.60. The SMILES string of the molecule is CCOc1ccc(NC(=S)NC2C3CC4CC(C3)CC2C4)cc1. The van der Waals surface area contributed by atoms with Gasteiger partial charge in [0.2, 0.25) is 0 Å². The van der Waals surface area contributed by atoms with Crippen molar-refractivity contribution in [2.45, 2.75) is 45.1 Å². The van der Waals surface area contributed by atoms with Crippen LogP contribution in [0.4, 0.5) is 5.69 Å². The Balaban J connectivity index is 1.35. The Morgan fingerprint density at radius 3 is 2.22 bits per heavy atom. The van der Waals surface area contributed by atoms with Crippen LogP contribution in [0.2, 0.25) is 0 Å². The largest absolute Gasteiger partial charge is 0.494 e. The molecule has 4 aliphatic carbocycles. The third-order valence-corrected chi connectivity index (χ3v) is 6.17. The van der Waals surface area contributed by atoms with Crippen LogP contribution in [0.5, 0.6) is 5.75 Å². The number of benzene rings is 1. The van der Waals surface area contributed by atoms with Crippen molar-refractivity contribution >= 4 is 23.0 Å². The van der Waals surface area contributed by atoms with E-state index >= 15 is 0 Å². The lowest BCUT2D eigenvalue weighted by atomic mass is 9.54. The van der Waals surface area contributed by atoms with Gasteiger partial charge in [0.25, 0.3) is 0 Å². The predicted octanol–water partition coefficient (Wildman–Crippen LogP) is 4.20. The quantitative estimate of drug-likeness (QED) is 0.811. The molecule has 0 aromatic heterocycles. The van der Waals surface area contributed by atoms with E-state index in [1.807, 2.05) is 31.2 Å². The molecule has 5 rings (SSSR count). The second-order valence-electron chi connectivity index (χ2n) is 7.51. The van der Waals surface area contributed by atoms with Gasteiger partial charge in [0, 0.05) is 11.7 Å². The molecule has 4 heteroatoms. The van der Waals surface area contributed by atoms with Crippen molar-refractivity contribution in [3.05, 3.63) is 24.3 Å². The smallest absolute Gasteiger partial charge is 0.171 e. The lowest BCUT2D eigenvalue weighted by Crippen LogP contribution is -2.56. The molecule has 0 unspecified atom stereocenters. The number of rotatable bonds is 4. The van der Waals surface area contributed by atoms with Crippen LogP contribution in [0.25, 0.3) is 0 Å². The van der Waals surface area contributed by atoms with E-state index in [4.69, 9.17) is 17.0 Å². The predicted molar refractivity (Wildman–Crippen MR) is 97.8 cm³/mol. The van der Waals surface area contributed by atoms with Crippen LogP contribution >= 0.6 is 12.2 Å². The molecular formula is C19H26N2OS. The van der Waals surface area contributed by atoms with Gasteiger partial charge in [0.05, 0.1) is 6.61 Å². The molecule has 3 nitrogen and oxygen atoms in total. The topological polar surface area (TPSA) is 33.3 Å². The van der Waals surface area contributed by atoms with Crippen LogP contribution in [0.3, 0.4) is 0 Å². The van der Waals surface area contributed by atoms with Gasteiger partial charge < -0.3 is 15.4 Å². The Morgan fingerprint density at radius 2 is 1.65 bits per heavy atom. The van der Waals surface area contributed by atoms with Crippen LogP contribution in [-0.4, -0.2) is 17.8 Å². The Bertz CT molecular complexity index is 543. The van der Waals surface area contributed by atoms with Crippen LogP contribution in [0, 0.1) is 23.7 Å². The van der Waals surface area contributed by atoms with Crippen molar-refractivity contribution in [3.63, 3.8) is 0 Å². The van der Waals surface area contributed by atoms with Gasteiger partial charge in [-0.05, 0) is 99.2 Å². The summed E-state index contributed by atoms with van der Waals surface area (Å²) in [6.45, 7) is 2.69. The molecular weight excluding hydrogens is 304 g/mol. The first-order chi connectivity index (χ1) is 11.2. The third kappa shape index (κ3) is 3.18. The highest BCUT2D eigenvalue weighted by Gasteiger charge is 2.48. The molecule has 4 saturated carbocycles. The lowest BCUT2D eigenvalue weighted by molar-refractivity contribution is -0.00665. The van der Waals surface area contributed by atoms with Gasteiger partial charge in [0.1, 0.15) is 5.75 Å². The highest BCUT2D eigenvalue weighted by atomic mass is 32.1. The minimum Gasteiger partial charge on any atom is -0.494 e. The number of hydrogen-bond acceptors (Lipinski definition) is 2. The van der Waals surface area contributed by atoms with Crippen molar-refractivity contribution in [1.29, 1.82) is 0 Å². The van der Waals surface area contributed by atoms with E-state index in [2.05, 4.69) is 10.6 Å². The minimum absolute atomic E-state index is 0.588. The summed E-state index contributed by atoms with van der Waals surface area (Å²) in [5, 5.41) is 7.74. The third-order valence-electron chi connectivity index (χ3n) is 5.95. The molecule has 2 N–H and O–H groups in total. The molecule has 0 heterocycles. The lowest BCUT2D eigenvalue weighted by Gasteiger charge is -2.54. The van der Waals surface area contributed by atoms with Crippen molar-refractivity contribution in [2.24, 2.45) is 23.7 Å². The van der Waals surface area contributed by atoms with E-state index in [1.54, 1.807) is 0 Å². The molecule has 1 aromatic carbocycles. The molecule has 0 saturated heterocycles. The summed E-state index contributed by atoms with van der Waals surface area (Å²) < 4.78 is 5.48. The van der Waals surface area contributed by atoms with Crippen LogP contribution in [0.1, 0.15) is 39.0 Å². The van der Waals surface area contributed by atoms with E-state index in [1.165, 1.54) is 32.1 Å². The number of ether oxygens (including phenoxy) is 1. The fourth-order valence-corrected chi connectivity index (χ4v) is 5.53. The maximum absolute atomic E-state index is 5.57. The van der Waals surface area contributed by atoms with E-state index in [0.717, 1.165) is 40.2 Å². The minimum atomic E-state index is 0.588. The summed E-state index contributed by atoms with van der Waals surface area (Å²) in [5.74, 6) is 4.59. The van der Waals surface area contributed by atoms with E-state index < -0.39 is 0 Å². The Morgan fingerprint density at radius 1 is 1.04 bits per heavy atom. The first-order valence-electron chi connectivity index (χ1n) is 9.01. The van der Waals surface area contributed by atoms with Gasteiger partial charge in [0.15, 0.2) is 5.11 Å². The molecule has 4 bridgehead atoms. The van der Waals surface area contributed by atoms with Crippen LogP contribution in [-0.2, 0) is 0 Å². The molecule has 124 valence electrons. The number of hydrogen-bond donors (Lipinski definition) is 2. The first-order valence-corrected chi connectivity index (χ1v) is 9.42. The molecule has 4 aliphatic rings. The van der Waals surface area contributed by atoms with Crippen molar-refractivity contribution in [2.75, 3.05) is 11.9 Å². The monoisotopic (exact) mass is 330 g/mol. The van der Waals surface area contributed by atoms with E-state index in [-0.39, 0.29) is 0 Å². The number of thiocarbonyl (C=S) groups is 1.